The number of anilines is 2. The Bertz CT molecular complexity index is 1110. The largest absolute Gasteiger partial charge is 0.504 e. The molecule has 0 aromatic heterocycles. The number of phenolic OH excluding ortho intramolecular Hbond substituents is 1. The molecule has 0 spiro atoms. The van der Waals surface area contributed by atoms with Crippen molar-refractivity contribution in [3.8, 4) is 11.5 Å². The number of para-hydroxylation sites is 1. The Labute approximate surface area is 170 Å². The Balaban J connectivity index is 1.88. The molecular weight excluding hydrogens is 397 g/mol. The van der Waals surface area contributed by atoms with Crippen molar-refractivity contribution in [3.05, 3.63) is 83.4 Å². The van der Waals surface area contributed by atoms with E-state index in [0.29, 0.717) is 16.8 Å². The van der Waals surface area contributed by atoms with Crippen LogP contribution in [0.5, 0.6) is 11.5 Å². The van der Waals surface area contributed by atoms with Crippen LogP contribution < -0.4 is 15.0 Å². The predicted octanol–water partition coefficient (Wildman–Crippen LogP) is 5.19. The number of ether oxygens (including phenoxy) is 1. The quantitative estimate of drug-likeness (QED) is 0.619. The van der Waals surface area contributed by atoms with Crippen LogP contribution in [0.25, 0.3) is 0 Å². The van der Waals surface area contributed by atoms with Crippen molar-refractivity contribution in [2.24, 2.45) is 0 Å². The number of carbonyl (C=O) groups excluding carboxylic acids is 1. The van der Waals surface area contributed by atoms with Gasteiger partial charge in [0.15, 0.2) is 11.5 Å². The molecule has 8 heteroatoms. The van der Waals surface area contributed by atoms with Gasteiger partial charge in [0.2, 0.25) is 0 Å². The Kier molecular flexibility index (Phi) is 4.77. The number of nitrogens with zero attached hydrogens (tertiary/aromatic N) is 1. The number of phenols is 1. The summed E-state index contributed by atoms with van der Waals surface area (Å²) in [4.78, 5) is 14.6. The number of hydrogen-bond acceptors (Lipinski definition) is 4. The van der Waals surface area contributed by atoms with Crippen LogP contribution in [0.15, 0.2) is 66.7 Å². The minimum atomic E-state index is -4.54. The zero-order chi connectivity index (χ0) is 21.5. The maximum atomic E-state index is 13.3. The van der Waals surface area contributed by atoms with Gasteiger partial charge in [-0.1, -0.05) is 24.3 Å². The lowest BCUT2D eigenvalue weighted by Gasteiger charge is -2.38. The molecule has 0 fully saturated rings. The highest BCUT2D eigenvalue weighted by Gasteiger charge is 2.36. The van der Waals surface area contributed by atoms with Crippen molar-refractivity contribution in [2.45, 2.75) is 12.3 Å². The van der Waals surface area contributed by atoms with Crippen molar-refractivity contribution in [3.63, 3.8) is 0 Å². The Morgan fingerprint density at radius 2 is 1.80 bits per heavy atom. The lowest BCUT2D eigenvalue weighted by molar-refractivity contribution is -0.137. The second-order valence-corrected chi connectivity index (χ2v) is 6.75. The molecule has 1 aliphatic rings. The summed E-state index contributed by atoms with van der Waals surface area (Å²) >= 11 is 0. The average molecular weight is 414 g/mol. The molecule has 1 unspecified atom stereocenters. The summed E-state index contributed by atoms with van der Waals surface area (Å²) in [6.07, 6.45) is -5.36. The molecule has 0 radical (unpaired) electrons. The van der Waals surface area contributed by atoms with E-state index in [9.17, 15) is 23.1 Å². The van der Waals surface area contributed by atoms with E-state index in [1.165, 1.54) is 36.3 Å². The van der Waals surface area contributed by atoms with Crippen molar-refractivity contribution in [2.75, 3.05) is 17.3 Å². The van der Waals surface area contributed by atoms with Gasteiger partial charge >= 0.3 is 6.18 Å². The molecule has 1 heterocycles. The Hall–Kier alpha value is -3.68. The fourth-order valence-corrected chi connectivity index (χ4v) is 3.45. The number of alkyl halides is 3. The molecule has 5 nitrogen and oxygen atoms in total. The topological polar surface area (TPSA) is 61.8 Å². The highest BCUT2D eigenvalue weighted by Crippen LogP contribution is 2.40. The van der Waals surface area contributed by atoms with Crippen LogP contribution in [0.4, 0.5) is 24.5 Å². The summed E-state index contributed by atoms with van der Waals surface area (Å²) in [6, 6.07) is 15.9. The molecular formula is C22H17F3N2O3. The highest BCUT2D eigenvalue weighted by molar-refractivity contribution is 6.12. The van der Waals surface area contributed by atoms with Gasteiger partial charge in [0.1, 0.15) is 6.17 Å². The van der Waals surface area contributed by atoms with Gasteiger partial charge in [-0.15, -0.1) is 0 Å². The van der Waals surface area contributed by atoms with E-state index < -0.39 is 23.8 Å². The predicted molar refractivity (Wildman–Crippen MR) is 106 cm³/mol. The fourth-order valence-electron chi connectivity index (χ4n) is 3.45. The minimum absolute atomic E-state index is 0.0885. The molecule has 1 aliphatic heterocycles. The molecule has 0 saturated heterocycles. The van der Waals surface area contributed by atoms with Crippen LogP contribution in [0.2, 0.25) is 0 Å². The monoisotopic (exact) mass is 414 g/mol. The number of rotatable bonds is 3. The molecule has 30 heavy (non-hydrogen) atoms. The van der Waals surface area contributed by atoms with Crippen molar-refractivity contribution in [1.82, 2.24) is 0 Å². The summed E-state index contributed by atoms with van der Waals surface area (Å²) in [6.45, 7) is 0. The second-order valence-electron chi connectivity index (χ2n) is 6.75. The lowest BCUT2D eigenvalue weighted by Crippen LogP contribution is -2.43. The van der Waals surface area contributed by atoms with Gasteiger partial charge < -0.3 is 15.2 Å². The zero-order valence-corrected chi connectivity index (χ0v) is 15.8. The molecule has 0 aliphatic carbocycles. The molecule has 0 bridgehead atoms. The third kappa shape index (κ3) is 3.41. The summed E-state index contributed by atoms with van der Waals surface area (Å²) in [7, 11) is 1.39. The smallest absolute Gasteiger partial charge is 0.416 e. The number of hydrogen-bond donors (Lipinski definition) is 2. The first kappa shape index (κ1) is 19.6. The lowest BCUT2D eigenvalue weighted by atomic mass is 10.0. The molecule has 4 rings (SSSR count). The van der Waals surface area contributed by atoms with Crippen LogP contribution in [0.3, 0.4) is 0 Å². The van der Waals surface area contributed by atoms with E-state index in [0.717, 1.165) is 12.1 Å². The maximum Gasteiger partial charge on any atom is 0.416 e. The second kappa shape index (κ2) is 7.29. The molecule has 3 aromatic carbocycles. The molecule has 0 saturated carbocycles. The zero-order valence-electron chi connectivity index (χ0n) is 15.8. The summed E-state index contributed by atoms with van der Waals surface area (Å²) in [5, 5.41) is 13.1. The third-order valence-corrected chi connectivity index (χ3v) is 4.90. The standard InChI is InChI=1S/C22H17F3N2O3/c1-30-19-11-13(9-10-18(19)28)20-26-17-8-3-2-7-16(17)21(29)27(20)15-6-4-5-14(12-15)22(23,24)25/h2-12,20,26,28H,1H3. The van der Waals surface area contributed by atoms with Gasteiger partial charge in [-0.3, -0.25) is 9.69 Å². The first-order chi connectivity index (χ1) is 14.3. The highest BCUT2D eigenvalue weighted by atomic mass is 19.4. The van der Waals surface area contributed by atoms with Crippen LogP contribution in [0.1, 0.15) is 27.7 Å². The number of carbonyl (C=O) groups is 1. The first-order valence-corrected chi connectivity index (χ1v) is 9.03. The average Bonchev–Trinajstić information content (AvgIpc) is 2.73. The van der Waals surface area contributed by atoms with Gasteiger partial charge in [-0.05, 0) is 48.0 Å². The van der Waals surface area contributed by atoms with E-state index in [1.54, 1.807) is 30.3 Å². The molecule has 1 amide bonds. The third-order valence-electron chi connectivity index (χ3n) is 4.90. The van der Waals surface area contributed by atoms with Crippen LogP contribution in [0, 0.1) is 0 Å². The molecule has 1 atom stereocenters. The van der Waals surface area contributed by atoms with E-state index in [-0.39, 0.29) is 17.2 Å². The van der Waals surface area contributed by atoms with E-state index in [2.05, 4.69) is 5.32 Å². The maximum absolute atomic E-state index is 13.3. The summed E-state index contributed by atoms with van der Waals surface area (Å²) in [5.74, 6) is -0.347. The number of halogens is 3. The van der Waals surface area contributed by atoms with Crippen molar-refractivity contribution in [1.29, 1.82) is 0 Å². The number of aromatic hydroxyl groups is 1. The fraction of sp³-hybridized carbons (Fsp3) is 0.136. The first-order valence-electron chi connectivity index (χ1n) is 9.03. The van der Waals surface area contributed by atoms with Crippen molar-refractivity contribution < 1.29 is 27.8 Å². The Morgan fingerprint density at radius 3 is 2.53 bits per heavy atom. The Morgan fingerprint density at radius 1 is 1.03 bits per heavy atom. The van der Waals surface area contributed by atoms with Gasteiger partial charge in [-0.25, -0.2) is 0 Å². The minimum Gasteiger partial charge on any atom is -0.504 e. The van der Waals surface area contributed by atoms with Crippen LogP contribution in [-0.2, 0) is 6.18 Å². The molecule has 154 valence electrons. The van der Waals surface area contributed by atoms with Gasteiger partial charge in [0.25, 0.3) is 5.91 Å². The summed E-state index contributed by atoms with van der Waals surface area (Å²) < 4.78 is 45.0. The number of amides is 1. The number of benzene rings is 3. The van der Waals surface area contributed by atoms with Crippen LogP contribution >= 0.6 is 0 Å². The van der Waals surface area contributed by atoms with Gasteiger partial charge in [0, 0.05) is 11.4 Å². The van der Waals surface area contributed by atoms with Crippen molar-refractivity contribution >= 4 is 17.3 Å². The van der Waals surface area contributed by atoms with Gasteiger partial charge in [0.05, 0.1) is 18.2 Å². The van der Waals surface area contributed by atoms with E-state index >= 15 is 0 Å². The van der Waals surface area contributed by atoms with E-state index in [4.69, 9.17) is 4.74 Å². The van der Waals surface area contributed by atoms with E-state index in [1.807, 2.05) is 0 Å². The van der Waals surface area contributed by atoms with Gasteiger partial charge in [-0.2, -0.15) is 13.2 Å². The summed E-state index contributed by atoms with van der Waals surface area (Å²) in [5.41, 5.74) is 0.673. The molecule has 2 N–H and O–H groups in total. The molecule has 3 aromatic rings. The number of fused-ring (bicyclic) bond motifs is 1. The number of nitrogens with one attached hydrogen (secondary N) is 1. The number of methoxy groups -OCH3 is 1. The van der Waals surface area contributed by atoms with Crippen LogP contribution in [-0.4, -0.2) is 18.1 Å². The SMILES string of the molecule is COc1cc(C2Nc3ccccc3C(=O)N2c2cccc(C(F)(F)F)c2)ccc1O. The normalized spacial score (nSPS) is 16.1.